The van der Waals surface area contributed by atoms with Crippen LogP contribution in [0.3, 0.4) is 0 Å². The van der Waals surface area contributed by atoms with Crippen molar-refractivity contribution in [2.24, 2.45) is 5.92 Å². The number of hydrogen-bond acceptors (Lipinski definition) is 4. The van der Waals surface area contributed by atoms with Crippen LogP contribution in [0.4, 0.5) is 11.4 Å². The van der Waals surface area contributed by atoms with E-state index in [0.29, 0.717) is 24.4 Å². The Balaban J connectivity index is 1.39. The van der Waals surface area contributed by atoms with Crippen LogP contribution in [0.1, 0.15) is 41.3 Å². The van der Waals surface area contributed by atoms with Crippen molar-refractivity contribution >= 4 is 29.1 Å². The van der Waals surface area contributed by atoms with E-state index in [9.17, 15) is 14.4 Å². The summed E-state index contributed by atoms with van der Waals surface area (Å²) >= 11 is 0. The highest BCUT2D eigenvalue weighted by Crippen LogP contribution is 2.28. The van der Waals surface area contributed by atoms with Crippen molar-refractivity contribution < 1.29 is 19.1 Å². The smallest absolute Gasteiger partial charge is 0.253 e. The molecular formula is C29H31N3O4. The minimum Gasteiger partial charge on any atom is -0.494 e. The summed E-state index contributed by atoms with van der Waals surface area (Å²) in [5.74, 6) is -0.436. The summed E-state index contributed by atoms with van der Waals surface area (Å²) in [6.45, 7) is 5.34. The highest BCUT2D eigenvalue weighted by atomic mass is 16.5. The van der Waals surface area contributed by atoms with Crippen LogP contribution in [0, 0.1) is 12.8 Å². The number of nitrogens with zero attached hydrogens (tertiary/aromatic N) is 1. The SMILES string of the molecule is CCCOc1ccc(N2C[C@H](C(=O)Nc3ccccc3C(=O)NCc3ccccc3C)CC2=O)cc1. The van der Waals surface area contributed by atoms with E-state index in [1.54, 1.807) is 29.2 Å². The zero-order chi connectivity index (χ0) is 25.5. The quantitative estimate of drug-likeness (QED) is 0.460. The second-order valence-electron chi connectivity index (χ2n) is 8.89. The average Bonchev–Trinajstić information content (AvgIpc) is 3.29. The molecule has 0 aliphatic carbocycles. The molecule has 4 rings (SSSR count). The highest BCUT2D eigenvalue weighted by molar-refractivity contribution is 6.07. The number of para-hydroxylation sites is 1. The van der Waals surface area contributed by atoms with E-state index >= 15 is 0 Å². The van der Waals surface area contributed by atoms with Crippen molar-refractivity contribution in [3.8, 4) is 5.75 Å². The first-order valence-electron chi connectivity index (χ1n) is 12.2. The van der Waals surface area contributed by atoms with Crippen LogP contribution in [0.2, 0.25) is 0 Å². The number of benzene rings is 3. The van der Waals surface area contributed by atoms with Gasteiger partial charge < -0.3 is 20.3 Å². The summed E-state index contributed by atoms with van der Waals surface area (Å²) in [4.78, 5) is 40.3. The lowest BCUT2D eigenvalue weighted by Crippen LogP contribution is -2.29. The normalized spacial score (nSPS) is 15.0. The van der Waals surface area contributed by atoms with Crippen LogP contribution in [-0.4, -0.2) is 30.9 Å². The fourth-order valence-electron chi connectivity index (χ4n) is 4.18. The third-order valence-electron chi connectivity index (χ3n) is 6.25. The molecule has 3 aromatic rings. The molecule has 36 heavy (non-hydrogen) atoms. The molecule has 1 aliphatic heterocycles. The Hall–Kier alpha value is -4.13. The number of hydrogen-bond donors (Lipinski definition) is 2. The van der Waals surface area contributed by atoms with Crippen LogP contribution in [0.5, 0.6) is 5.75 Å². The molecule has 1 saturated heterocycles. The fraction of sp³-hybridized carbons (Fsp3) is 0.276. The number of aryl methyl sites for hydroxylation is 1. The lowest BCUT2D eigenvalue weighted by atomic mass is 10.1. The van der Waals surface area contributed by atoms with Gasteiger partial charge in [-0.05, 0) is 60.9 Å². The van der Waals surface area contributed by atoms with Crippen molar-refractivity contribution in [1.29, 1.82) is 0 Å². The summed E-state index contributed by atoms with van der Waals surface area (Å²) in [5, 5.41) is 5.80. The molecular weight excluding hydrogens is 454 g/mol. The molecule has 0 aromatic heterocycles. The molecule has 1 heterocycles. The van der Waals surface area contributed by atoms with E-state index in [-0.39, 0.29) is 30.7 Å². The number of ether oxygens (including phenoxy) is 1. The Kier molecular flexibility index (Phi) is 8.00. The van der Waals surface area contributed by atoms with E-state index < -0.39 is 5.92 Å². The molecule has 1 fully saturated rings. The maximum absolute atomic E-state index is 13.1. The minimum atomic E-state index is -0.517. The zero-order valence-electron chi connectivity index (χ0n) is 20.6. The van der Waals surface area contributed by atoms with Gasteiger partial charge in [0.2, 0.25) is 11.8 Å². The van der Waals surface area contributed by atoms with Gasteiger partial charge in [-0.2, -0.15) is 0 Å². The monoisotopic (exact) mass is 485 g/mol. The topological polar surface area (TPSA) is 87.7 Å². The third-order valence-corrected chi connectivity index (χ3v) is 6.25. The summed E-state index contributed by atoms with van der Waals surface area (Å²) < 4.78 is 5.60. The van der Waals surface area contributed by atoms with Crippen molar-refractivity contribution in [2.75, 3.05) is 23.4 Å². The lowest BCUT2D eigenvalue weighted by Gasteiger charge is -2.18. The van der Waals surface area contributed by atoms with E-state index in [1.807, 2.05) is 62.4 Å². The molecule has 1 aliphatic rings. The molecule has 7 heteroatoms. The molecule has 0 bridgehead atoms. The Bertz CT molecular complexity index is 1240. The molecule has 3 amide bonds. The highest BCUT2D eigenvalue weighted by Gasteiger charge is 2.35. The van der Waals surface area contributed by atoms with Crippen LogP contribution in [0.15, 0.2) is 72.8 Å². The molecule has 0 spiro atoms. The van der Waals surface area contributed by atoms with Crippen molar-refractivity contribution in [3.63, 3.8) is 0 Å². The van der Waals surface area contributed by atoms with Crippen LogP contribution >= 0.6 is 0 Å². The third kappa shape index (κ3) is 5.92. The second-order valence-corrected chi connectivity index (χ2v) is 8.89. The van der Waals surface area contributed by atoms with Gasteiger partial charge in [0.15, 0.2) is 0 Å². The maximum Gasteiger partial charge on any atom is 0.253 e. The Labute approximate surface area is 211 Å². The van der Waals surface area contributed by atoms with E-state index in [4.69, 9.17) is 4.74 Å². The number of carbonyl (C=O) groups excluding carboxylic acids is 3. The lowest BCUT2D eigenvalue weighted by molar-refractivity contribution is -0.122. The Morgan fingerprint density at radius 2 is 1.72 bits per heavy atom. The van der Waals surface area contributed by atoms with Gasteiger partial charge in [0, 0.05) is 25.2 Å². The number of carbonyl (C=O) groups is 3. The summed E-state index contributed by atoms with van der Waals surface area (Å²) in [7, 11) is 0. The largest absolute Gasteiger partial charge is 0.494 e. The van der Waals surface area contributed by atoms with Gasteiger partial charge in [-0.25, -0.2) is 0 Å². The standard InChI is InChI=1S/C29H31N3O4/c1-3-16-36-24-14-12-23(13-15-24)32-19-22(17-27(32)33)28(34)31-26-11-7-6-10-25(26)29(35)30-18-21-9-5-4-8-20(21)2/h4-15,22H,3,16-19H2,1-2H3,(H,30,35)(H,31,34)/t22-/m1/s1. The first-order valence-corrected chi connectivity index (χ1v) is 12.2. The van der Waals surface area contributed by atoms with Crippen LogP contribution in [0.25, 0.3) is 0 Å². The fourth-order valence-corrected chi connectivity index (χ4v) is 4.18. The molecule has 0 saturated carbocycles. The van der Waals surface area contributed by atoms with Gasteiger partial charge in [-0.3, -0.25) is 14.4 Å². The van der Waals surface area contributed by atoms with Gasteiger partial charge in [0.05, 0.1) is 23.8 Å². The summed E-state index contributed by atoms with van der Waals surface area (Å²) in [6, 6.07) is 22.1. The van der Waals surface area contributed by atoms with Gasteiger partial charge in [-0.15, -0.1) is 0 Å². The Morgan fingerprint density at radius 3 is 2.47 bits per heavy atom. The van der Waals surface area contributed by atoms with Gasteiger partial charge in [0.25, 0.3) is 5.91 Å². The first-order chi connectivity index (χ1) is 17.5. The van der Waals surface area contributed by atoms with Crippen molar-refractivity contribution in [3.05, 3.63) is 89.5 Å². The average molecular weight is 486 g/mol. The number of amides is 3. The van der Waals surface area contributed by atoms with E-state index in [1.165, 1.54) is 0 Å². The predicted octanol–water partition coefficient (Wildman–Crippen LogP) is 4.71. The Morgan fingerprint density at radius 1 is 1.00 bits per heavy atom. The molecule has 0 unspecified atom stereocenters. The maximum atomic E-state index is 13.1. The minimum absolute atomic E-state index is 0.110. The zero-order valence-corrected chi connectivity index (χ0v) is 20.6. The second kappa shape index (κ2) is 11.5. The molecule has 2 N–H and O–H groups in total. The van der Waals surface area contributed by atoms with Gasteiger partial charge in [-0.1, -0.05) is 43.3 Å². The summed E-state index contributed by atoms with van der Waals surface area (Å²) in [5.41, 5.74) is 3.66. The predicted molar refractivity (Wildman–Crippen MR) is 140 cm³/mol. The van der Waals surface area contributed by atoms with Crippen molar-refractivity contribution in [2.45, 2.75) is 33.2 Å². The van der Waals surface area contributed by atoms with Gasteiger partial charge in [0.1, 0.15) is 5.75 Å². The van der Waals surface area contributed by atoms with Crippen molar-refractivity contribution in [1.82, 2.24) is 5.32 Å². The van der Waals surface area contributed by atoms with Gasteiger partial charge >= 0.3 is 0 Å². The molecule has 3 aromatic carbocycles. The first kappa shape index (κ1) is 25.0. The summed E-state index contributed by atoms with van der Waals surface area (Å²) in [6.07, 6.45) is 1.03. The molecule has 186 valence electrons. The molecule has 0 radical (unpaired) electrons. The van der Waals surface area contributed by atoms with Crippen LogP contribution < -0.4 is 20.3 Å². The van der Waals surface area contributed by atoms with E-state index in [2.05, 4.69) is 10.6 Å². The number of nitrogens with one attached hydrogen (secondary N) is 2. The molecule has 7 nitrogen and oxygen atoms in total. The molecule has 1 atom stereocenters. The number of rotatable bonds is 9. The number of anilines is 2. The van der Waals surface area contributed by atoms with E-state index in [0.717, 1.165) is 29.0 Å². The van der Waals surface area contributed by atoms with Crippen LogP contribution in [-0.2, 0) is 16.1 Å².